The van der Waals surface area contributed by atoms with Crippen LogP contribution in [0.5, 0.6) is 0 Å². The van der Waals surface area contributed by atoms with Gasteiger partial charge >= 0.3 is 20.1 Å². The Bertz CT molecular complexity index is 3960. The van der Waals surface area contributed by atoms with Gasteiger partial charge in [0.15, 0.2) is 0 Å². The summed E-state index contributed by atoms with van der Waals surface area (Å²) in [5.41, 5.74) is 16.1. The zero-order chi connectivity index (χ0) is 53.7. The summed E-state index contributed by atoms with van der Waals surface area (Å²) in [5.74, 6) is -2.80. The summed E-state index contributed by atoms with van der Waals surface area (Å²) in [6.45, 7) is 9.64. The molecule has 0 spiro atoms. The first-order valence-electron chi connectivity index (χ1n) is 26.6. The molecule has 3 nitrogen and oxygen atoms in total. The Labute approximate surface area is 472 Å². The number of halogens is 4. The first-order chi connectivity index (χ1) is 37.8. The second kappa shape index (κ2) is 21.7. The maximum atomic E-state index is 14.7. The molecular weight excluding hydrogens is 1160 g/mol. The number of pyridine rings is 3. The SMILES string of the molecule is CC1(C)CCC(C)(C)c2c1c1ccccc1c1ccc(-c3cc(-c4[c-]cccc4)ncc3-c3ccccc3-c3cc(CCc4ccc(-c5[c-]cc(F)cc5F)nc4)cc(CCc4ccc(-c5[c-]cc(F)cc5F)nc4)c3)cc21.[Ir+3]. The molecular formula is C71H54F4IrN3. The molecule has 11 aromatic rings. The van der Waals surface area contributed by atoms with Crippen LogP contribution in [0, 0.1) is 41.5 Å². The number of hydrogen-bond donors (Lipinski definition) is 0. The van der Waals surface area contributed by atoms with Crippen molar-refractivity contribution in [2.75, 3.05) is 0 Å². The van der Waals surface area contributed by atoms with Gasteiger partial charge in [-0.15, -0.1) is 60.2 Å². The number of hydrogen-bond acceptors (Lipinski definition) is 3. The minimum atomic E-state index is -0.710. The molecule has 0 atom stereocenters. The molecule has 3 heterocycles. The molecule has 0 saturated carbocycles. The van der Waals surface area contributed by atoms with Gasteiger partial charge in [0.2, 0.25) is 0 Å². The summed E-state index contributed by atoms with van der Waals surface area (Å²) in [5, 5.41) is 5.16. The minimum absolute atomic E-state index is 0. The summed E-state index contributed by atoms with van der Waals surface area (Å²) in [6, 6.07) is 61.7. The average Bonchev–Trinajstić information content (AvgIpc) is 3.43. The maximum absolute atomic E-state index is 14.7. The zero-order valence-corrected chi connectivity index (χ0v) is 46.6. The summed E-state index contributed by atoms with van der Waals surface area (Å²) in [4.78, 5) is 14.3. The summed E-state index contributed by atoms with van der Waals surface area (Å²) in [6.07, 6.45) is 10.4. The molecule has 8 aromatic carbocycles. The van der Waals surface area contributed by atoms with Crippen molar-refractivity contribution in [1.29, 1.82) is 0 Å². The maximum Gasteiger partial charge on any atom is 3.00 e. The van der Waals surface area contributed by atoms with Gasteiger partial charge in [-0.05, 0) is 155 Å². The van der Waals surface area contributed by atoms with E-state index in [1.165, 1.54) is 32.7 Å². The summed E-state index contributed by atoms with van der Waals surface area (Å²) in [7, 11) is 0. The third-order valence-corrected chi connectivity index (χ3v) is 15.8. The van der Waals surface area contributed by atoms with Crippen LogP contribution in [0.4, 0.5) is 17.6 Å². The molecule has 0 fully saturated rings. The summed E-state index contributed by atoms with van der Waals surface area (Å²) < 4.78 is 56.8. The van der Waals surface area contributed by atoms with Gasteiger partial charge in [-0.3, -0.25) is 17.6 Å². The molecule has 8 heteroatoms. The Morgan fingerprint density at radius 1 is 0.418 bits per heavy atom. The van der Waals surface area contributed by atoms with E-state index in [0.717, 1.165) is 104 Å². The molecule has 0 amide bonds. The number of aryl methyl sites for hydroxylation is 4. The largest absolute Gasteiger partial charge is 3.00 e. The van der Waals surface area contributed by atoms with Gasteiger partial charge in [-0.25, -0.2) is 0 Å². The first kappa shape index (κ1) is 53.1. The number of benzene rings is 8. The van der Waals surface area contributed by atoms with Crippen LogP contribution in [-0.2, 0) is 56.6 Å². The van der Waals surface area contributed by atoms with Crippen molar-refractivity contribution in [1.82, 2.24) is 15.0 Å². The Hall–Kier alpha value is -7.90. The third kappa shape index (κ3) is 10.6. The predicted octanol–water partition coefficient (Wildman–Crippen LogP) is 18.1. The average molecular weight is 1220 g/mol. The molecule has 1 aliphatic rings. The van der Waals surface area contributed by atoms with Gasteiger partial charge in [-0.1, -0.05) is 160 Å². The van der Waals surface area contributed by atoms with E-state index in [1.54, 1.807) is 24.5 Å². The van der Waals surface area contributed by atoms with Crippen molar-refractivity contribution < 1.29 is 37.7 Å². The molecule has 12 rings (SSSR count). The van der Waals surface area contributed by atoms with Crippen LogP contribution in [0.3, 0.4) is 0 Å². The van der Waals surface area contributed by atoms with Crippen molar-refractivity contribution in [3.63, 3.8) is 0 Å². The van der Waals surface area contributed by atoms with Crippen molar-refractivity contribution in [2.45, 2.75) is 77.0 Å². The second-order valence-electron chi connectivity index (χ2n) is 22.0. The van der Waals surface area contributed by atoms with Gasteiger partial charge in [0.05, 0.1) is 0 Å². The van der Waals surface area contributed by atoms with Crippen LogP contribution < -0.4 is 0 Å². The van der Waals surface area contributed by atoms with E-state index in [9.17, 15) is 17.6 Å². The fourth-order valence-corrected chi connectivity index (χ4v) is 11.7. The van der Waals surface area contributed by atoms with Crippen molar-refractivity contribution in [3.8, 4) is 67.2 Å². The van der Waals surface area contributed by atoms with Crippen molar-refractivity contribution in [3.05, 3.63) is 257 Å². The second-order valence-corrected chi connectivity index (χ2v) is 22.0. The van der Waals surface area contributed by atoms with E-state index in [0.29, 0.717) is 37.1 Å². The Morgan fingerprint density at radius 2 is 0.949 bits per heavy atom. The standard InChI is InChI=1S/C71H54F4N3.Ir/c1-70(2)32-33-71(3,4)69-61-37-49(24-27-56(61)55-16-10-11-17-57(55)68(69)70)60-40-67(48-12-6-5-7-13-48)78-43-62(60)54-15-9-8-14-53(54)50-35-46(20-18-44-22-30-65(76-41-44)58-28-25-51(72)38-63(58)74)34-47(36-50)21-19-45-23-31-66(77-42-45)59-29-26-52(73)39-64(59)75;/h5-12,14-17,22-27,30-31,34-43H,18-21,32-33H2,1-4H3;/q-3;+3. The van der Waals surface area contributed by atoms with Crippen molar-refractivity contribution in [2.24, 2.45) is 0 Å². The van der Waals surface area contributed by atoms with Gasteiger partial charge in [0.1, 0.15) is 0 Å². The molecule has 0 saturated heterocycles. The zero-order valence-electron chi connectivity index (χ0n) is 44.2. The number of fused-ring (bicyclic) bond motifs is 6. The quantitative estimate of drug-likeness (QED) is 0.0695. The van der Waals surface area contributed by atoms with Gasteiger partial charge in [0, 0.05) is 47.4 Å². The number of aromatic nitrogens is 3. The molecule has 79 heavy (non-hydrogen) atoms. The van der Waals surface area contributed by atoms with E-state index in [2.05, 4.69) is 153 Å². The van der Waals surface area contributed by atoms with E-state index in [1.807, 2.05) is 36.5 Å². The minimum Gasteiger partial charge on any atom is -0.304 e. The van der Waals surface area contributed by atoms with Crippen LogP contribution in [0.1, 0.15) is 73.9 Å². The first-order valence-corrected chi connectivity index (χ1v) is 26.6. The van der Waals surface area contributed by atoms with E-state index in [4.69, 9.17) is 4.98 Å². The van der Waals surface area contributed by atoms with Crippen molar-refractivity contribution >= 4 is 21.5 Å². The van der Waals surface area contributed by atoms with Crippen LogP contribution >= 0.6 is 0 Å². The van der Waals surface area contributed by atoms with E-state index < -0.39 is 23.3 Å². The molecule has 1 aliphatic carbocycles. The molecule has 3 aromatic heterocycles. The third-order valence-electron chi connectivity index (χ3n) is 15.8. The van der Waals surface area contributed by atoms with Crippen LogP contribution in [0.15, 0.2) is 182 Å². The molecule has 0 radical (unpaired) electrons. The van der Waals surface area contributed by atoms with Gasteiger partial charge in [0.25, 0.3) is 0 Å². The molecule has 0 unspecified atom stereocenters. The Balaban J connectivity index is 0.00000660. The van der Waals surface area contributed by atoms with Gasteiger partial charge in [-0.2, -0.15) is 0 Å². The number of nitrogens with zero attached hydrogens (tertiary/aromatic N) is 3. The Morgan fingerprint density at radius 3 is 1.52 bits per heavy atom. The van der Waals surface area contributed by atoms with E-state index in [-0.39, 0.29) is 42.1 Å². The smallest absolute Gasteiger partial charge is 0.304 e. The van der Waals surface area contributed by atoms with Crippen LogP contribution in [0.25, 0.3) is 88.7 Å². The van der Waals surface area contributed by atoms with Crippen LogP contribution in [-0.4, -0.2) is 15.0 Å². The van der Waals surface area contributed by atoms with E-state index >= 15 is 0 Å². The molecule has 0 N–H and O–H groups in total. The Kier molecular flexibility index (Phi) is 14.6. The molecule has 0 aliphatic heterocycles. The topological polar surface area (TPSA) is 38.7 Å². The van der Waals surface area contributed by atoms with Gasteiger partial charge < -0.3 is 15.0 Å². The van der Waals surface area contributed by atoms with Crippen LogP contribution in [0.2, 0.25) is 0 Å². The molecule has 390 valence electrons. The molecule has 0 bridgehead atoms. The summed E-state index contributed by atoms with van der Waals surface area (Å²) >= 11 is 0. The fraction of sp³-hybridized carbons (Fsp3) is 0.169. The predicted molar refractivity (Wildman–Crippen MR) is 307 cm³/mol. The number of rotatable bonds is 12. The normalized spacial score (nSPS) is 13.5. The fourth-order valence-electron chi connectivity index (χ4n) is 11.7. The monoisotopic (exact) mass is 1220 g/mol.